The van der Waals surface area contributed by atoms with Crippen LogP contribution in [0.3, 0.4) is 0 Å². The molecule has 0 saturated carbocycles. The number of benzene rings is 1. The summed E-state index contributed by atoms with van der Waals surface area (Å²) in [5.74, 6) is -0.210. The van der Waals surface area contributed by atoms with Crippen molar-refractivity contribution < 1.29 is 9.21 Å². The van der Waals surface area contributed by atoms with Gasteiger partial charge in [0.25, 0.3) is 0 Å². The van der Waals surface area contributed by atoms with E-state index in [1.807, 2.05) is 28.8 Å². The van der Waals surface area contributed by atoms with Gasteiger partial charge in [-0.15, -0.1) is 0 Å². The van der Waals surface area contributed by atoms with E-state index in [1.165, 1.54) is 6.26 Å². The quantitative estimate of drug-likeness (QED) is 0.740. The van der Waals surface area contributed by atoms with Gasteiger partial charge in [-0.1, -0.05) is 12.1 Å². The number of hydrogen-bond acceptors (Lipinski definition) is 4. The molecule has 0 bridgehead atoms. The third-order valence-electron chi connectivity index (χ3n) is 3.68. The third-order valence-corrected chi connectivity index (χ3v) is 3.68. The van der Waals surface area contributed by atoms with Gasteiger partial charge in [-0.25, -0.2) is 4.98 Å². The monoisotopic (exact) mass is 278 g/mol. The molecule has 0 saturated heterocycles. The van der Waals surface area contributed by atoms with Gasteiger partial charge in [0, 0.05) is 0 Å². The SMILES string of the molecule is N#C[C@@H]1C(=O)Nc2nc3ccccc3n2[C@@H]1c1ccco1. The van der Waals surface area contributed by atoms with Gasteiger partial charge in [0.05, 0.1) is 23.4 Å². The van der Waals surface area contributed by atoms with Crippen LogP contribution in [-0.4, -0.2) is 15.5 Å². The predicted octanol–water partition coefficient (Wildman–Crippen LogP) is 2.31. The molecule has 0 unspecified atom stereocenters. The number of nitrogens with one attached hydrogen (secondary N) is 1. The minimum Gasteiger partial charge on any atom is -0.467 e. The average molecular weight is 278 g/mol. The Bertz CT molecular complexity index is 873. The molecule has 1 N–H and O–H groups in total. The Hall–Kier alpha value is -3.07. The molecule has 0 radical (unpaired) electrons. The molecule has 6 nitrogen and oxygen atoms in total. The summed E-state index contributed by atoms with van der Waals surface area (Å²) < 4.78 is 7.30. The van der Waals surface area contributed by atoms with Gasteiger partial charge in [0.15, 0.2) is 5.92 Å². The highest BCUT2D eigenvalue weighted by Crippen LogP contribution is 2.37. The van der Waals surface area contributed by atoms with Crippen LogP contribution in [0.15, 0.2) is 47.1 Å². The van der Waals surface area contributed by atoms with Gasteiger partial charge in [-0.3, -0.25) is 14.7 Å². The van der Waals surface area contributed by atoms with E-state index in [-0.39, 0.29) is 5.91 Å². The molecule has 4 rings (SSSR count). The van der Waals surface area contributed by atoms with Gasteiger partial charge in [0.2, 0.25) is 11.9 Å². The molecule has 1 amide bonds. The number of imidazole rings is 1. The normalized spacial score (nSPS) is 20.8. The molecule has 3 heterocycles. The summed E-state index contributed by atoms with van der Waals surface area (Å²) in [4.78, 5) is 16.6. The molecule has 3 aromatic rings. The fraction of sp³-hybridized carbons (Fsp3) is 0.133. The van der Waals surface area contributed by atoms with E-state index in [9.17, 15) is 10.1 Å². The largest absolute Gasteiger partial charge is 0.467 e. The van der Waals surface area contributed by atoms with Crippen LogP contribution in [0, 0.1) is 17.2 Å². The Labute approximate surface area is 119 Å². The minimum atomic E-state index is -0.860. The number of nitriles is 1. The molecule has 0 fully saturated rings. The first-order valence-electron chi connectivity index (χ1n) is 6.50. The number of fused-ring (bicyclic) bond motifs is 3. The van der Waals surface area contributed by atoms with Gasteiger partial charge in [-0.2, -0.15) is 5.26 Å². The maximum Gasteiger partial charge on any atom is 0.246 e. The van der Waals surface area contributed by atoms with Gasteiger partial charge in [-0.05, 0) is 24.3 Å². The maximum absolute atomic E-state index is 12.1. The van der Waals surface area contributed by atoms with Gasteiger partial charge in [0.1, 0.15) is 11.8 Å². The summed E-state index contributed by atoms with van der Waals surface area (Å²) in [7, 11) is 0. The summed E-state index contributed by atoms with van der Waals surface area (Å²) in [5.41, 5.74) is 1.62. The molecule has 1 aromatic carbocycles. The molecule has 2 atom stereocenters. The first-order chi connectivity index (χ1) is 10.3. The number of furan rings is 1. The lowest BCUT2D eigenvalue weighted by Gasteiger charge is -2.27. The van der Waals surface area contributed by atoms with Crippen molar-refractivity contribution in [2.75, 3.05) is 5.32 Å². The Balaban J connectivity index is 2.04. The van der Waals surface area contributed by atoms with Crippen LogP contribution in [0.5, 0.6) is 0 Å². The number of para-hydroxylation sites is 2. The Morgan fingerprint density at radius 2 is 2.14 bits per heavy atom. The van der Waals surface area contributed by atoms with Crippen LogP contribution < -0.4 is 5.32 Å². The van der Waals surface area contributed by atoms with Crippen molar-refractivity contribution in [1.29, 1.82) is 5.26 Å². The molecule has 0 aliphatic carbocycles. The van der Waals surface area contributed by atoms with Crippen molar-refractivity contribution in [3.05, 3.63) is 48.4 Å². The molecule has 1 aliphatic rings. The molecular formula is C15H10N4O2. The number of carbonyl (C=O) groups excluding carboxylic acids is 1. The van der Waals surface area contributed by atoms with Crippen LogP contribution in [-0.2, 0) is 4.79 Å². The Morgan fingerprint density at radius 1 is 1.29 bits per heavy atom. The second-order valence-corrected chi connectivity index (χ2v) is 4.85. The standard InChI is InChI=1S/C15H10N4O2/c16-8-9-13(12-6-3-7-21-12)19-11-5-2-1-4-10(11)17-15(19)18-14(9)20/h1-7,9,13H,(H,17,18,20)/t9-,13-/m0/s1. The lowest BCUT2D eigenvalue weighted by Crippen LogP contribution is -2.37. The van der Waals surface area contributed by atoms with E-state index >= 15 is 0 Å². The lowest BCUT2D eigenvalue weighted by atomic mass is 9.96. The van der Waals surface area contributed by atoms with Crippen molar-refractivity contribution >= 4 is 22.9 Å². The van der Waals surface area contributed by atoms with Crippen LogP contribution in [0.1, 0.15) is 11.8 Å². The molecule has 1 aliphatic heterocycles. The number of carbonyl (C=O) groups is 1. The van der Waals surface area contributed by atoms with Crippen LogP contribution >= 0.6 is 0 Å². The topological polar surface area (TPSA) is 83.9 Å². The summed E-state index contributed by atoms with van der Waals surface area (Å²) in [6.45, 7) is 0. The van der Waals surface area contributed by atoms with E-state index in [1.54, 1.807) is 12.1 Å². The van der Waals surface area contributed by atoms with Crippen LogP contribution in [0.2, 0.25) is 0 Å². The second-order valence-electron chi connectivity index (χ2n) is 4.85. The highest BCUT2D eigenvalue weighted by Gasteiger charge is 2.40. The first kappa shape index (κ1) is 11.7. The molecule has 0 spiro atoms. The minimum absolute atomic E-state index is 0.360. The van der Waals surface area contributed by atoms with Crippen molar-refractivity contribution in [3.8, 4) is 6.07 Å². The number of anilines is 1. The molecule has 2 aromatic heterocycles. The van der Waals surface area contributed by atoms with Gasteiger partial charge < -0.3 is 4.42 Å². The van der Waals surface area contributed by atoms with Crippen molar-refractivity contribution in [3.63, 3.8) is 0 Å². The highest BCUT2D eigenvalue weighted by molar-refractivity contribution is 5.97. The zero-order valence-corrected chi connectivity index (χ0v) is 10.9. The van der Waals surface area contributed by atoms with Crippen molar-refractivity contribution in [2.24, 2.45) is 5.92 Å². The van der Waals surface area contributed by atoms with Crippen LogP contribution in [0.25, 0.3) is 11.0 Å². The first-order valence-corrected chi connectivity index (χ1v) is 6.50. The van der Waals surface area contributed by atoms with E-state index in [0.29, 0.717) is 11.7 Å². The number of rotatable bonds is 1. The summed E-state index contributed by atoms with van der Waals surface area (Å²) in [6, 6.07) is 12.6. The maximum atomic E-state index is 12.1. The van der Waals surface area contributed by atoms with E-state index in [0.717, 1.165) is 11.0 Å². The molecule has 102 valence electrons. The Kier molecular flexibility index (Phi) is 2.35. The Morgan fingerprint density at radius 3 is 2.90 bits per heavy atom. The van der Waals surface area contributed by atoms with Crippen molar-refractivity contribution in [1.82, 2.24) is 9.55 Å². The third kappa shape index (κ3) is 1.58. The highest BCUT2D eigenvalue weighted by atomic mass is 16.3. The zero-order chi connectivity index (χ0) is 14.4. The molecule has 6 heteroatoms. The summed E-state index contributed by atoms with van der Waals surface area (Å²) in [6.07, 6.45) is 1.54. The average Bonchev–Trinajstić information content (AvgIpc) is 3.13. The second kappa shape index (κ2) is 4.21. The molecule has 21 heavy (non-hydrogen) atoms. The zero-order valence-electron chi connectivity index (χ0n) is 10.9. The summed E-state index contributed by atoms with van der Waals surface area (Å²) >= 11 is 0. The number of amides is 1. The number of hydrogen-bond donors (Lipinski definition) is 1. The van der Waals surface area contributed by atoms with Crippen molar-refractivity contribution in [2.45, 2.75) is 6.04 Å². The molecular weight excluding hydrogens is 268 g/mol. The summed E-state index contributed by atoms with van der Waals surface area (Å²) in [5, 5.41) is 12.1. The van der Waals surface area contributed by atoms with E-state index in [2.05, 4.69) is 16.4 Å². The smallest absolute Gasteiger partial charge is 0.246 e. The van der Waals surface area contributed by atoms with E-state index < -0.39 is 12.0 Å². The fourth-order valence-electron chi connectivity index (χ4n) is 2.77. The fourth-order valence-corrected chi connectivity index (χ4v) is 2.77. The number of aromatic nitrogens is 2. The number of nitrogens with zero attached hydrogens (tertiary/aromatic N) is 3. The predicted molar refractivity (Wildman–Crippen MR) is 74.3 cm³/mol. The van der Waals surface area contributed by atoms with E-state index in [4.69, 9.17) is 4.42 Å². The lowest BCUT2D eigenvalue weighted by molar-refractivity contribution is -0.119. The van der Waals surface area contributed by atoms with Crippen LogP contribution in [0.4, 0.5) is 5.95 Å². The van der Waals surface area contributed by atoms with Gasteiger partial charge >= 0.3 is 0 Å².